The molecule has 144 valence electrons. The van der Waals surface area contributed by atoms with Crippen molar-refractivity contribution in [3.05, 3.63) is 82.7 Å². The van der Waals surface area contributed by atoms with Gasteiger partial charge in [-0.3, -0.25) is 4.79 Å². The predicted molar refractivity (Wildman–Crippen MR) is 118 cm³/mol. The lowest BCUT2D eigenvalue weighted by atomic mass is 9.84. The molecule has 1 amide bonds. The minimum absolute atomic E-state index is 0.0823. The van der Waals surface area contributed by atoms with Crippen molar-refractivity contribution in [1.82, 2.24) is 4.90 Å². The second kappa shape index (κ2) is 8.74. The molecule has 1 aliphatic carbocycles. The van der Waals surface area contributed by atoms with E-state index < -0.39 is 0 Å². The molecule has 28 heavy (non-hydrogen) atoms. The lowest BCUT2D eigenvalue weighted by Gasteiger charge is -2.22. The molecule has 0 saturated heterocycles. The third kappa shape index (κ3) is 4.36. The van der Waals surface area contributed by atoms with Gasteiger partial charge in [0.05, 0.1) is 4.88 Å². The maximum Gasteiger partial charge on any atom is 0.263 e. The number of nitrogens with zero attached hydrogens (tertiary/aromatic N) is 1. The summed E-state index contributed by atoms with van der Waals surface area (Å²) in [5, 5.41) is 0. The molecular formula is C25H27NOS. The highest BCUT2D eigenvalue weighted by molar-refractivity contribution is 7.17. The van der Waals surface area contributed by atoms with E-state index in [9.17, 15) is 4.79 Å². The molecule has 0 spiro atoms. The molecule has 0 N–H and O–H groups in total. The molecule has 2 aromatic carbocycles. The molecule has 1 aromatic heterocycles. The van der Waals surface area contributed by atoms with Gasteiger partial charge in [-0.1, -0.05) is 73.9 Å². The first-order chi connectivity index (χ1) is 13.7. The Bertz CT molecular complexity index is 907. The van der Waals surface area contributed by atoms with Crippen LogP contribution in [0, 0.1) is 0 Å². The number of hydrogen-bond acceptors (Lipinski definition) is 2. The fourth-order valence-corrected chi connectivity index (χ4v) is 5.09. The quantitative estimate of drug-likeness (QED) is 0.473. The van der Waals surface area contributed by atoms with Crippen molar-refractivity contribution in [2.75, 3.05) is 7.05 Å². The van der Waals surface area contributed by atoms with E-state index in [0.717, 1.165) is 21.2 Å². The lowest BCUT2D eigenvalue weighted by Crippen LogP contribution is -2.25. The number of carbonyl (C=O) groups excluding carboxylic acids is 1. The zero-order chi connectivity index (χ0) is 19.3. The highest BCUT2D eigenvalue weighted by Crippen LogP contribution is 2.35. The van der Waals surface area contributed by atoms with Crippen LogP contribution in [-0.2, 0) is 6.54 Å². The fourth-order valence-electron chi connectivity index (χ4n) is 4.08. The molecule has 1 heterocycles. The van der Waals surface area contributed by atoms with Crippen molar-refractivity contribution in [3.8, 4) is 10.4 Å². The Morgan fingerprint density at radius 2 is 1.64 bits per heavy atom. The molecule has 0 unspecified atom stereocenters. The molecule has 0 atom stereocenters. The average molecular weight is 390 g/mol. The van der Waals surface area contributed by atoms with E-state index in [2.05, 4.69) is 42.5 Å². The molecule has 0 radical (unpaired) electrons. The number of benzene rings is 2. The summed E-state index contributed by atoms with van der Waals surface area (Å²) in [4.78, 5) is 16.5. The first kappa shape index (κ1) is 18.9. The average Bonchev–Trinajstić information content (AvgIpc) is 3.25. The van der Waals surface area contributed by atoms with Gasteiger partial charge in [0, 0.05) is 18.5 Å². The van der Waals surface area contributed by atoms with E-state index in [4.69, 9.17) is 0 Å². The van der Waals surface area contributed by atoms with Crippen LogP contribution in [-0.4, -0.2) is 17.9 Å². The Balaban J connectivity index is 1.44. The van der Waals surface area contributed by atoms with Crippen molar-refractivity contribution < 1.29 is 4.79 Å². The van der Waals surface area contributed by atoms with E-state index in [1.165, 1.54) is 43.2 Å². The second-order valence-electron chi connectivity index (χ2n) is 7.77. The maximum atomic E-state index is 12.8. The van der Waals surface area contributed by atoms with Gasteiger partial charge in [0.25, 0.3) is 5.91 Å². The van der Waals surface area contributed by atoms with Crippen LogP contribution in [0.5, 0.6) is 0 Å². The zero-order valence-electron chi connectivity index (χ0n) is 16.4. The number of amides is 1. The van der Waals surface area contributed by atoms with E-state index in [-0.39, 0.29) is 5.91 Å². The van der Waals surface area contributed by atoms with Crippen LogP contribution in [0.15, 0.2) is 66.7 Å². The highest BCUT2D eigenvalue weighted by Gasteiger charge is 2.17. The lowest BCUT2D eigenvalue weighted by molar-refractivity contribution is 0.0790. The van der Waals surface area contributed by atoms with Crippen molar-refractivity contribution >= 4 is 17.2 Å². The standard InChI is InChI=1S/C25H27NOS/c1-26(18-19-8-4-2-5-9-19)25(27)24-17-16-23(28-24)22-14-12-21(13-15-22)20-10-6-3-7-11-20/h2,4-5,8-9,12-17,20H,3,6-7,10-11,18H2,1H3. The molecule has 1 fully saturated rings. The van der Waals surface area contributed by atoms with Gasteiger partial charge in [-0.05, 0) is 47.6 Å². The minimum atomic E-state index is 0.0823. The molecule has 1 saturated carbocycles. The SMILES string of the molecule is CN(Cc1ccccc1)C(=O)c1ccc(-c2ccc(C3CCCCC3)cc2)s1. The Morgan fingerprint density at radius 3 is 2.36 bits per heavy atom. The van der Waals surface area contributed by atoms with Crippen LogP contribution >= 0.6 is 11.3 Å². The molecule has 3 heteroatoms. The number of rotatable bonds is 5. The van der Waals surface area contributed by atoms with E-state index in [1.807, 2.05) is 31.3 Å². The predicted octanol–water partition coefficient (Wildman–Crippen LogP) is 6.74. The van der Waals surface area contributed by atoms with E-state index in [1.54, 1.807) is 16.2 Å². The molecule has 4 rings (SSSR count). The summed E-state index contributed by atoms with van der Waals surface area (Å²) in [5.41, 5.74) is 3.82. The molecule has 1 aliphatic rings. The Morgan fingerprint density at radius 1 is 0.929 bits per heavy atom. The normalized spacial score (nSPS) is 14.8. The summed E-state index contributed by atoms with van der Waals surface area (Å²) in [6.45, 7) is 0.628. The van der Waals surface area contributed by atoms with Crippen LogP contribution in [0.4, 0.5) is 0 Å². The van der Waals surface area contributed by atoms with Crippen molar-refractivity contribution in [2.45, 2.75) is 44.6 Å². The van der Waals surface area contributed by atoms with Gasteiger partial charge in [0.2, 0.25) is 0 Å². The van der Waals surface area contributed by atoms with Crippen LogP contribution in [0.2, 0.25) is 0 Å². The van der Waals surface area contributed by atoms with Crippen molar-refractivity contribution in [3.63, 3.8) is 0 Å². The molecular weight excluding hydrogens is 362 g/mol. The number of hydrogen-bond donors (Lipinski definition) is 0. The Labute approximate surface area is 171 Å². The monoisotopic (exact) mass is 389 g/mol. The third-order valence-electron chi connectivity index (χ3n) is 5.70. The number of carbonyl (C=O) groups is 1. The minimum Gasteiger partial charge on any atom is -0.337 e. The Kier molecular flexibility index (Phi) is 5.92. The van der Waals surface area contributed by atoms with Crippen LogP contribution in [0.1, 0.15) is 58.8 Å². The summed E-state index contributed by atoms with van der Waals surface area (Å²) in [7, 11) is 1.87. The summed E-state index contributed by atoms with van der Waals surface area (Å²) < 4.78 is 0. The zero-order valence-corrected chi connectivity index (χ0v) is 17.3. The van der Waals surface area contributed by atoms with Gasteiger partial charge in [0.1, 0.15) is 0 Å². The van der Waals surface area contributed by atoms with Crippen molar-refractivity contribution in [2.24, 2.45) is 0 Å². The van der Waals surface area contributed by atoms with Gasteiger partial charge in [-0.2, -0.15) is 0 Å². The third-order valence-corrected chi connectivity index (χ3v) is 6.82. The molecule has 0 aliphatic heterocycles. The topological polar surface area (TPSA) is 20.3 Å². The van der Waals surface area contributed by atoms with E-state index in [0.29, 0.717) is 6.54 Å². The van der Waals surface area contributed by atoms with Gasteiger partial charge in [-0.15, -0.1) is 11.3 Å². The Hall–Kier alpha value is -2.39. The van der Waals surface area contributed by atoms with Gasteiger partial charge < -0.3 is 4.90 Å². The molecule has 0 bridgehead atoms. The van der Waals surface area contributed by atoms with Crippen LogP contribution in [0.25, 0.3) is 10.4 Å². The first-order valence-electron chi connectivity index (χ1n) is 10.2. The number of thiophene rings is 1. The fraction of sp³-hybridized carbons (Fsp3) is 0.320. The summed E-state index contributed by atoms with van der Waals surface area (Å²) in [5.74, 6) is 0.814. The van der Waals surface area contributed by atoms with Gasteiger partial charge in [0.15, 0.2) is 0 Å². The first-order valence-corrected chi connectivity index (χ1v) is 11.0. The van der Waals surface area contributed by atoms with Crippen molar-refractivity contribution in [1.29, 1.82) is 0 Å². The molecule has 2 nitrogen and oxygen atoms in total. The molecule has 3 aromatic rings. The smallest absolute Gasteiger partial charge is 0.263 e. The van der Waals surface area contributed by atoms with Crippen LogP contribution in [0.3, 0.4) is 0 Å². The van der Waals surface area contributed by atoms with Gasteiger partial charge in [-0.25, -0.2) is 0 Å². The van der Waals surface area contributed by atoms with E-state index >= 15 is 0 Å². The summed E-state index contributed by atoms with van der Waals surface area (Å²) in [6, 6.07) is 23.2. The maximum absolute atomic E-state index is 12.8. The summed E-state index contributed by atoms with van der Waals surface area (Å²) >= 11 is 1.58. The summed E-state index contributed by atoms with van der Waals surface area (Å²) in [6.07, 6.45) is 6.76. The van der Waals surface area contributed by atoms with Crippen LogP contribution < -0.4 is 0 Å². The highest BCUT2D eigenvalue weighted by atomic mass is 32.1. The second-order valence-corrected chi connectivity index (χ2v) is 8.85. The largest absolute Gasteiger partial charge is 0.337 e. The van der Waals surface area contributed by atoms with Gasteiger partial charge >= 0.3 is 0 Å².